The monoisotopic (exact) mass is 334 g/mol. The minimum absolute atomic E-state index is 0.0428. The molecular formula is C16H12F2N2O2S. The van der Waals surface area contributed by atoms with Crippen molar-refractivity contribution in [2.75, 3.05) is 5.32 Å². The lowest BCUT2D eigenvalue weighted by Gasteiger charge is -2.04. The van der Waals surface area contributed by atoms with Crippen LogP contribution in [0, 0.1) is 18.6 Å². The van der Waals surface area contributed by atoms with Gasteiger partial charge in [0.05, 0.1) is 17.0 Å². The average Bonchev–Trinajstić information content (AvgIpc) is 3.08. The van der Waals surface area contributed by atoms with Gasteiger partial charge in [0.1, 0.15) is 17.4 Å². The summed E-state index contributed by atoms with van der Waals surface area (Å²) < 4.78 is 31.8. The first-order chi connectivity index (χ1) is 11.0. The molecule has 0 radical (unpaired) electrons. The van der Waals surface area contributed by atoms with Crippen molar-refractivity contribution in [2.24, 2.45) is 0 Å². The van der Waals surface area contributed by atoms with Gasteiger partial charge in [-0.1, -0.05) is 6.07 Å². The summed E-state index contributed by atoms with van der Waals surface area (Å²) in [5.41, 5.74) is 0.551. The molecule has 0 saturated heterocycles. The lowest BCUT2D eigenvalue weighted by Crippen LogP contribution is -2.15. The topological polar surface area (TPSA) is 55.1 Å². The Kier molecular flexibility index (Phi) is 4.20. The molecule has 0 aliphatic heterocycles. The van der Waals surface area contributed by atoms with E-state index in [4.69, 9.17) is 4.42 Å². The summed E-state index contributed by atoms with van der Waals surface area (Å²) in [6, 6.07) is 6.59. The van der Waals surface area contributed by atoms with Gasteiger partial charge in [0, 0.05) is 11.8 Å². The van der Waals surface area contributed by atoms with Crippen molar-refractivity contribution in [3.63, 3.8) is 0 Å². The first kappa shape index (κ1) is 15.4. The Morgan fingerprint density at radius 2 is 2.04 bits per heavy atom. The molecule has 1 N–H and O–H groups in total. The SMILES string of the molecule is Cc1oc(-c2cccs2)nc1CC(=O)Nc1cc(F)cc(F)c1. The van der Waals surface area contributed by atoms with Crippen molar-refractivity contribution in [1.82, 2.24) is 4.98 Å². The Bertz CT molecular complexity index is 824. The molecule has 2 aromatic heterocycles. The number of nitrogens with zero attached hydrogens (tertiary/aromatic N) is 1. The van der Waals surface area contributed by atoms with Gasteiger partial charge in [-0.05, 0) is 30.5 Å². The highest BCUT2D eigenvalue weighted by molar-refractivity contribution is 7.13. The highest BCUT2D eigenvalue weighted by Crippen LogP contribution is 2.26. The molecule has 23 heavy (non-hydrogen) atoms. The molecule has 0 unspecified atom stereocenters. The van der Waals surface area contributed by atoms with Crippen LogP contribution in [0.1, 0.15) is 11.5 Å². The van der Waals surface area contributed by atoms with Crippen LogP contribution in [-0.2, 0) is 11.2 Å². The second-order valence-corrected chi connectivity index (χ2v) is 5.83. The maximum atomic E-state index is 13.1. The number of hydrogen-bond donors (Lipinski definition) is 1. The van der Waals surface area contributed by atoms with E-state index < -0.39 is 17.5 Å². The number of oxazole rings is 1. The number of rotatable bonds is 4. The maximum absolute atomic E-state index is 13.1. The van der Waals surface area contributed by atoms with Gasteiger partial charge >= 0.3 is 0 Å². The minimum Gasteiger partial charge on any atom is -0.440 e. The summed E-state index contributed by atoms with van der Waals surface area (Å²) in [7, 11) is 0. The zero-order valence-corrected chi connectivity index (χ0v) is 12.9. The van der Waals surface area contributed by atoms with Crippen LogP contribution >= 0.6 is 11.3 Å². The third-order valence-electron chi connectivity index (χ3n) is 3.10. The van der Waals surface area contributed by atoms with E-state index in [2.05, 4.69) is 10.3 Å². The summed E-state index contributed by atoms with van der Waals surface area (Å²) in [6.45, 7) is 1.72. The Labute approximate surface area is 134 Å². The second-order valence-electron chi connectivity index (χ2n) is 4.88. The molecule has 0 atom stereocenters. The number of benzene rings is 1. The van der Waals surface area contributed by atoms with E-state index in [-0.39, 0.29) is 12.1 Å². The average molecular weight is 334 g/mol. The highest BCUT2D eigenvalue weighted by atomic mass is 32.1. The number of halogens is 2. The van der Waals surface area contributed by atoms with Gasteiger partial charge in [-0.3, -0.25) is 4.79 Å². The van der Waals surface area contributed by atoms with E-state index in [1.807, 2.05) is 17.5 Å². The van der Waals surface area contributed by atoms with Crippen molar-refractivity contribution in [3.05, 3.63) is 58.8 Å². The molecule has 2 heterocycles. The number of carbonyl (C=O) groups excluding carboxylic acids is 1. The van der Waals surface area contributed by atoms with Crippen LogP contribution in [0.2, 0.25) is 0 Å². The molecule has 1 aromatic carbocycles. The van der Waals surface area contributed by atoms with E-state index in [1.165, 1.54) is 11.3 Å². The summed E-state index contributed by atoms with van der Waals surface area (Å²) in [6.07, 6.45) is -0.0428. The Morgan fingerprint density at radius 1 is 1.30 bits per heavy atom. The summed E-state index contributed by atoms with van der Waals surface area (Å²) >= 11 is 1.48. The number of hydrogen-bond acceptors (Lipinski definition) is 4. The van der Waals surface area contributed by atoms with Crippen LogP contribution < -0.4 is 5.32 Å². The number of anilines is 1. The van der Waals surface area contributed by atoms with Crippen molar-refractivity contribution in [1.29, 1.82) is 0 Å². The fourth-order valence-corrected chi connectivity index (χ4v) is 2.73. The van der Waals surface area contributed by atoms with Crippen molar-refractivity contribution >= 4 is 22.9 Å². The number of nitrogens with one attached hydrogen (secondary N) is 1. The molecule has 0 spiro atoms. The zero-order valence-electron chi connectivity index (χ0n) is 12.1. The molecule has 0 aliphatic carbocycles. The van der Waals surface area contributed by atoms with Crippen LogP contribution in [0.25, 0.3) is 10.8 Å². The number of amides is 1. The largest absolute Gasteiger partial charge is 0.440 e. The molecule has 118 valence electrons. The number of thiophene rings is 1. The van der Waals surface area contributed by atoms with Crippen LogP contribution in [0.4, 0.5) is 14.5 Å². The van der Waals surface area contributed by atoms with E-state index in [9.17, 15) is 13.6 Å². The quantitative estimate of drug-likeness (QED) is 0.779. The highest BCUT2D eigenvalue weighted by Gasteiger charge is 2.15. The third kappa shape index (κ3) is 3.62. The molecular weight excluding hydrogens is 322 g/mol. The normalized spacial score (nSPS) is 10.7. The van der Waals surface area contributed by atoms with Gasteiger partial charge < -0.3 is 9.73 Å². The molecule has 0 aliphatic rings. The van der Waals surface area contributed by atoms with E-state index in [0.717, 1.165) is 23.1 Å². The van der Waals surface area contributed by atoms with Gasteiger partial charge in [-0.15, -0.1) is 11.3 Å². The van der Waals surface area contributed by atoms with Crippen LogP contribution in [0.15, 0.2) is 40.1 Å². The van der Waals surface area contributed by atoms with E-state index in [0.29, 0.717) is 17.3 Å². The molecule has 0 fully saturated rings. The summed E-state index contributed by atoms with van der Waals surface area (Å²) in [4.78, 5) is 17.2. The first-order valence-electron chi connectivity index (χ1n) is 6.77. The predicted molar refractivity (Wildman–Crippen MR) is 83.2 cm³/mol. The summed E-state index contributed by atoms with van der Waals surface area (Å²) in [5.74, 6) is -0.939. The molecule has 3 rings (SSSR count). The van der Waals surface area contributed by atoms with Gasteiger partial charge in [-0.2, -0.15) is 0 Å². The Morgan fingerprint density at radius 3 is 2.70 bits per heavy atom. The molecule has 7 heteroatoms. The lowest BCUT2D eigenvalue weighted by atomic mass is 10.2. The number of carbonyl (C=O) groups is 1. The van der Waals surface area contributed by atoms with Crippen molar-refractivity contribution in [3.8, 4) is 10.8 Å². The Hall–Kier alpha value is -2.54. The third-order valence-corrected chi connectivity index (χ3v) is 3.96. The van der Waals surface area contributed by atoms with Crippen LogP contribution in [0.3, 0.4) is 0 Å². The van der Waals surface area contributed by atoms with Crippen molar-refractivity contribution < 1.29 is 18.0 Å². The van der Waals surface area contributed by atoms with Gasteiger partial charge in [0.25, 0.3) is 0 Å². The molecule has 0 saturated carbocycles. The Balaban J connectivity index is 1.73. The zero-order chi connectivity index (χ0) is 16.4. The fraction of sp³-hybridized carbons (Fsp3) is 0.125. The number of aromatic nitrogens is 1. The second kappa shape index (κ2) is 6.29. The van der Waals surface area contributed by atoms with E-state index >= 15 is 0 Å². The maximum Gasteiger partial charge on any atom is 0.236 e. The van der Waals surface area contributed by atoms with Crippen molar-refractivity contribution in [2.45, 2.75) is 13.3 Å². The first-order valence-corrected chi connectivity index (χ1v) is 7.65. The molecule has 4 nitrogen and oxygen atoms in total. The minimum atomic E-state index is -0.752. The molecule has 0 bridgehead atoms. The smallest absolute Gasteiger partial charge is 0.236 e. The lowest BCUT2D eigenvalue weighted by molar-refractivity contribution is -0.115. The van der Waals surface area contributed by atoms with E-state index in [1.54, 1.807) is 6.92 Å². The predicted octanol–water partition coefficient (Wildman–Crippen LogP) is 4.17. The van der Waals surface area contributed by atoms with Gasteiger partial charge in [0.15, 0.2) is 0 Å². The van der Waals surface area contributed by atoms with Crippen LogP contribution in [0.5, 0.6) is 0 Å². The van der Waals surface area contributed by atoms with Gasteiger partial charge in [0.2, 0.25) is 11.8 Å². The standard InChI is InChI=1S/C16H12F2N2O2S/c1-9-13(20-16(22-9)14-3-2-4-23-14)8-15(21)19-12-6-10(17)5-11(18)7-12/h2-7H,8H2,1H3,(H,19,21). The number of aryl methyl sites for hydroxylation is 1. The van der Waals surface area contributed by atoms with Gasteiger partial charge in [-0.25, -0.2) is 13.8 Å². The molecule has 3 aromatic rings. The van der Waals surface area contributed by atoms with Crippen LogP contribution in [-0.4, -0.2) is 10.9 Å². The summed E-state index contributed by atoms with van der Waals surface area (Å²) in [5, 5.41) is 4.35. The fourth-order valence-electron chi connectivity index (χ4n) is 2.08. The molecule has 1 amide bonds.